The summed E-state index contributed by atoms with van der Waals surface area (Å²) in [7, 11) is -0.570. The van der Waals surface area contributed by atoms with Gasteiger partial charge in [-0.3, -0.25) is 4.78 Å². The maximum Gasteiger partial charge on any atom is 0.0301 e. The van der Waals surface area contributed by atoms with Gasteiger partial charge < -0.3 is 0 Å². The zero-order chi connectivity index (χ0) is 11.0. The van der Waals surface area contributed by atoms with E-state index in [0.29, 0.717) is 0 Å². The molecular formula is C14H11NS. The monoisotopic (exact) mass is 225 g/mol. The third-order valence-electron chi connectivity index (χ3n) is 2.72. The van der Waals surface area contributed by atoms with Gasteiger partial charge in [-0.15, -0.1) is 0 Å². The molecular weight excluding hydrogens is 214 g/mol. The number of rotatable bonds is 0. The molecule has 0 fully saturated rings. The standard InChI is InChI=1S/C14H11NS/c15-16-13-7-3-1-5-11(13)9-10-12-6-2-4-8-14(12)16/h1-10,15H. The van der Waals surface area contributed by atoms with E-state index in [1.54, 1.807) is 0 Å². The summed E-state index contributed by atoms with van der Waals surface area (Å²) in [6.07, 6.45) is 4.21. The molecule has 1 aliphatic heterocycles. The van der Waals surface area contributed by atoms with Gasteiger partial charge in [0, 0.05) is 9.79 Å². The maximum atomic E-state index is 8.36. The van der Waals surface area contributed by atoms with Gasteiger partial charge in [0.05, 0.1) is 0 Å². The number of nitrogens with one attached hydrogen (secondary N) is 1. The molecule has 78 valence electrons. The van der Waals surface area contributed by atoms with Crippen molar-refractivity contribution in [2.45, 2.75) is 9.79 Å². The van der Waals surface area contributed by atoms with Crippen LogP contribution in [-0.2, 0) is 10.7 Å². The Balaban J connectivity index is 2.30. The van der Waals surface area contributed by atoms with Crippen LogP contribution >= 0.6 is 0 Å². The molecule has 2 heteroatoms. The summed E-state index contributed by atoms with van der Waals surface area (Å²) in [5.41, 5.74) is 2.33. The number of benzene rings is 2. The molecule has 1 nitrogen and oxygen atoms in total. The molecule has 0 bridgehead atoms. The van der Waals surface area contributed by atoms with Crippen molar-refractivity contribution >= 4 is 22.8 Å². The van der Waals surface area contributed by atoms with Crippen LogP contribution in [0.2, 0.25) is 0 Å². The molecule has 3 rings (SSSR count). The van der Waals surface area contributed by atoms with Crippen LogP contribution < -0.4 is 0 Å². The van der Waals surface area contributed by atoms with Crippen molar-refractivity contribution in [3.05, 3.63) is 59.7 Å². The van der Waals surface area contributed by atoms with E-state index >= 15 is 0 Å². The van der Waals surface area contributed by atoms with Gasteiger partial charge >= 0.3 is 0 Å². The Hall–Kier alpha value is -1.67. The first-order valence-corrected chi connectivity index (χ1v) is 6.40. The zero-order valence-electron chi connectivity index (χ0n) is 8.68. The fraction of sp³-hybridized carbons (Fsp3) is 0. The van der Waals surface area contributed by atoms with Gasteiger partial charge in [0.2, 0.25) is 0 Å². The summed E-state index contributed by atoms with van der Waals surface area (Å²) in [6, 6.07) is 16.3. The van der Waals surface area contributed by atoms with E-state index < -0.39 is 10.7 Å². The van der Waals surface area contributed by atoms with Crippen LogP contribution in [0.5, 0.6) is 0 Å². The lowest BCUT2D eigenvalue weighted by Crippen LogP contribution is -1.93. The van der Waals surface area contributed by atoms with Crippen molar-refractivity contribution in [2.24, 2.45) is 0 Å². The first-order valence-electron chi connectivity index (χ1n) is 5.18. The summed E-state index contributed by atoms with van der Waals surface area (Å²) in [4.78, 5) is 2.23. The normalized spacial score (nSPS) is 14.0. The molecule has 2 aromatic rings. The first kappa shape index (κ1) is 9.55. The second kappa shape index (κ2) is 3.72. The minimum absolute atomic E-state index is 0.570. The lowest BCUT2D eigenvalue weighted by molar-refractivity contribution is 1.34. The molecule has 0 atom stereocenters. The smallest absolute Gasteiger partial charge is 0.0301 e. The average Bonchev–Trinajstić information content (AvgIpc) is 2.49. The van der Waals surface area contributed by atoms with E-state index in [1.165, 1.54) is 0 Å². The third kappa shape index (κ3) is 1.42. The molecule has 0 saturated heterocycles. The zero-order valence-corrected chi connectivity index (χ0v) is 9.50. The lowest BCUT2D eigenvalue weighted by atomic mass is 10.1. The second-order valence-electron chi connectivity index (χ2n) is 3.72. The van der Waals surface area contributed by atoms with Crippen molar-refractivity contribution in [1.82, 2.24) is 0 Å². The Morgan fingerprint density at radius 2 is 1.12 bits per heavy atom. The van der Waals surface area contributed by atoms with E-state index in [0.717, 1.165) is 20.9 Å². The van der Waals surface area contributed by atoms with E-state index in [-0.39, 0.29) is 0 Å². The van der Waals surface area contributed by atoms with Crippen LogP contribution in [0.4, 0.5) is 0 Å². The van der Waals surface area contributed by atoms with Crippen molar-refractivity contribution < 1.29 is 0 Å². The van der Waals surface area contributed by atoms with Crippen LogP contribution in [0.3, 0.4) is 0 Å². The lowest BCUT2D eigenvalue weighted by Gasteiger charge is -2.08. The van der Waals surface area contributed by atoms with Crippen molar-refractivity contribution in [3.8, 4) is 0 Å². The highest BCUT2D eigenvalue weighted by Crippen LogP contribution is 2.29. The minimum atomic E-state index is -0.570. The molecule has 16 heavy (non-hydrogen) atoms. The predicted molar refractivity (Wildman–Crippen MR) is 68.4 cm³/mol. The fourth-order valence-electron chi connectivity index (χ4n) is 1.91. The number of hydrogen-bond donors (Lipinski definition) is 1. The Morgan fingerprint density at radius 3 is 1.62 bits per heavy atom. The van der Waals surface area contributed by atoms with Gasteiger partial charge in [-0.2, -0.15) is 0 Å². The maximum absolute atomic E-state index is 8.36. The summed E-state index contributed by atoms with van der Waals surface area (Å²) in [5.74, 6) is 0. The first-order chi connectivity index (χ1) is 7.86. The van der Waals surface area contributed by atoms with E-state index in [4.69, 9.17) is 4.78 Å². The van der Waals surface area contributed by atoms with Crippen LogP contribution in [0.25, 0.3) is 12.2 Å². The van der Waals surface area contributed by atoms with Crippen LogP contribution in [0.15, 0.2) is 58.3 Å². The summed E-state index contributed by atoms with van der Waals surface area (Å²) in [5, 5.41) is 0. The van der Waals surface area contributed by atoms with Crippen LogP contribution in [0.1, 0.15) is 11.1 Å². The molecule has 1 aliphatic rings. The highest BCUT2D eigenvalue weighted by molar-refractivity contribution is 7.86. The van der Waals surface area contributed by atoms with Crippen molar-refractivity contribution in [3.63, 3.8) is 0 Å². The van der Waals surface area contributed by atoms with Crippen molar-refractivity contribution in [2.75, 3.05) is 0 Å². The SMILES string of the molecule is N=S1c2ccccc2C=Cc2ccccc21. The second-order valence-corrected chi connectivity index (χ2v) is 5.21. The van der Waals surface area contributed by atoms with Crippen LogP contribution in [0, 0.1) is 4.78 Å². The number of hydrogen-bond acceptors (Lipinski definition) is 1. The molecule has 2 aromatic carbocycles. The van der Waals surface area contributed by atoms with E-state index in [9.17, 15) is 0 Å². The highest BCUT2D eigenvalue weighted by atomic mass is 32.2. The Bertz CT molecular complexity index is 548. The molecule has 0 spiro atoms. The van der Waals surface area contributed by atoms with Gasteiger partial charge in [-0.1, -0.05) is 48.6 Å². The van der Waals surface area contributed by atoms with Gasteiger partial charge in [0.15, 0.2) is 0 Å². The van der Waals surface area contributed by atoms with Gasteiger partial charge in [0.1, 0.15) is 0 Å². The van der Waals surface area contributed by atoms with Gasteiger partial charge in [0.25, 0.3) is 0 Å². The largest absolute Gasteiger partial charge is 0.271 e. The molecule has 0 amide bonds. The molecule has 1 heterocycles. The summed E-state index contributed by atoms with van der Waals surface area (Å²) < 4.78 is 8.36. The molecule has 1 N–H and O–H groups in total. The quantitative estimate of drug-likeness (QED) is 0.598. The van der Waals surface area contributed by atoms with Gasteiger partial charge in [-0.25, -0.2) is 0 Å². The summed E-state index contributed by atoms with van der Waals surface area (Å²) in [6.45, 7) is 0. The Labute approximate surface area is 97.3 Å². The average molecular weight is 225 g/mol. The molecule has 0 aromatic heterocycles. The van der Waals surface area contributed by atoms with Crippen LogP contribution in [-0.4, -0.2) is 0 Å². The molecule has 0 saturated carbocycles. The fourth-order valence-corrected chi connectivity index (χ4v) is 3.32. The molecule has 0 unspecified atom stereocenters. The van der Waals surface area contributed by atoms with E-state index in [1.807, 2.05) is 24.3 Å². The topological polar surface area (TPSA) is 23.9 Å². The Kier molecular flexibility index (Phi) is 2.22. The third-order valence-corrected chi connectivity index (χ3v) is 4.34. The van der Waals surface area contributed by atoms with Crippen molar-refractivity contribution in [1.29, 1.82) is 4.78 Å². The van der Waals surface area contributed by atoms with Gasteiger partial charge in [-0.05, 0) is 34.0 Å². The van der Waals surface area contributed by atoms with E-state index in [2.05, 4.69) is 36.4 Å². The molecule has 0 radical (unpaired) electrons. The highest BCUT2D eigenvalue weighted by Gasteiger charge is 2.12. The predicted octanol–water partition coefficient (Wildman–Crippen LogP) is 3.97. The number of fused-ring (bicyclic) bond motifs is 2. The minimum Gasteiger partial charge on any atom is -0.271 e. The summed E-state index contributed by atoms with van der Waals surface area (Å²) >= 11 is 0. The molecule has 0 aliphatic carbocycles. The Morgan fingerprint density at radius 1 is 0.688 bits per heavy atom.